The van der Waals surface area contributed by atoms with Crippen LogP contribution in [0, 0.1) is 6.92 Å². The van der Waals surface area contributed by atoms with Gasteiger partial charge in [0.1, 0.15) is 11.9 Å². The highest BCUT2D eigenvalue weighted by molar-refractivity contribution is 9.10. The van der Waals surface area contributed by atoms with Crippen molar-refractivity contribution in [3.63, 3.8) is 0 Å². The summed E-state index contributed by atoms with van der Waals surface area (Å²) in [6.07, 6.45) is 0. The van der Waals surface area contributed by atoms with Gasteiger partial charge in [-0.3, -0.25) is 14.9 Å². The molecule has 17 heavy (non-hydrogen) atoms. The van der Waals surface area contributed by atoms with Gasteiger partial charge in [0, 0.05) is 4.47 Å². The van der Waals surface area contributed by atoms with Gasteiger partial charge in [-0.2, -0.15) is 0 Å². The van der Waals surface area contributed by atoms with Gasteiger partial charge in [0.05, 0.1) is 12.2 Å². The molecular formula is C11H12BrN3O2. The second-order valence-electron chi connectivity index (χ2n) is 3.95. The number of nitrogens with one attached hydrogen (secondary N) is 1. The van der Waals surface area contributed by atoms with E-state index < -0.39 is 0 Å². The average molecular weight is 298 g/mol. The van der Waals surface area contributed by atoms with Gasteiger partial charge in [-0.1, -0.05) is 0 Å². The molecule has 5 nitrogen and oxygen atoms in total. The van der Waals surface area contributed by atoms with Crippen LogP contribution in [0.25, 0.3) is 0 Å². The predicted octanol–water partition coefficient (Wildman–Crippen LogP) is 1.00. The van der Waals surface area contributed by atoms with Crippen molar-refractivity contribution in [2.75, 3.05) is 11.4 Å². The van der Waals surface area contributed by atoms with Crippen molar-refractivity contribution in [1.82, 2.24) is 10.3 Å². The number of amides is 2. The van der Waals surface area contributed by atoms with Crippen LogP contribution in [-0.2, 0) is 9.59 Å². The number of hydrogen-bond donors (Lipinski definition) is 1. The molecule has 1 fully saturated rings. The maximum atomic E-state index is 11.5. The first kappa shape index (κ1) is 12.0. The number of aryl methyl sites for hydroxylation is 1. The van der Waals surface area contributed by atoms with Crippen LogP contribution in [0.5, 0.6) is 0 Å². The number of halogens is 1. The number of hydrogen-bond acceptors (Lipinski definition) is 4. The zero-order valence-corrected chi connectivity index (χ0v) is 11.1. The van der Waals surface area contributed by atoms with Crippen LogP contribution in [0.1, 0.15) is 12.6 Å². The minimum atomic E-state index is -0.388. The molecule has 1 N–H and O–H groups in total. The van der Waals surface area contributed by atoms with E-state index >= 15 is 0 Å². The van der Waals surface area contributed by atoms with Crippen molar-refractivity contribution in [2.45, 2.75) is 19.9 Å². The summed E-state index contributed by atoms with van der Waals surface area (Å²) in [6.45, 7) is 3.77. The Morgan fingerprint density at radius 3 is 2.82 bits per heavy atom. The Morgan fingerprint density at radius 2 is 2.18 bits per heavy atom. The minimum Gasteiger partial charge on any atom is -0.336 e. The van der Waals surface area contributed by atoms with Gasteiger partial charge < -0.3 is 4.90 Å². The van der Waals surface area contributed by atoms with E-state index in [0.29, 0.717) is 5.82 Å². The molecular weight excluding hydrogens is 286 g/mol. The molecule has 0 saturated carbocycles. The Hall–Kier alpha value is -1.43. The monoisotopic (exact) mass is 297 g/mol. The number of carbonyl (C=O) groups excluding carboxylic acids is 2. The number of pyridine rings is 1. The molecule has 6 heteroatoms. The average Bonchev–Trinajstić information content (AvgIpc) is 2.27. The molecule has 1 aliphatic heterocycles. The van der Waals surface area contributed by atoms with E-state index in [9.17, 15) is 9.59 Å². The summed E-state index contributed by atoms with van der Waals surface area (Å²) >= 11 is 3.36. The molecule has 1 atom stereocenters. The number of rotatable bonds is 1. The van der Waals surface area contributed by atoms with E-state index in [-0.39, 0.29) is 24.4 Å². The number of carbonyl (C=O) groups is 2. The molecule has 1 aromatic heterocycles. The number of aromatic nitrogens is 1. The van der Waals surface area contributed by atoms with Crippen molar-refractivity contribution in [3.05, 3.63) is 22.3 Å². The van der Waals surface area contributed by atoms with Crippen molar-refractivity contribution in [1.29, 1.82) is 0 Å². The second-order valence-corrected chi connectivity index (χ2v) is 4.81. The van der Waals surface area contributed by atoms with E-state index in [1.807, 2.05) is 13.0 Å². The van der Waals surface area contributed by atoms with E-state index in [1.54, 1.807) is 17.9 Å². The first-order chi connectivity index (χ1) is 7.99. The molecule has 2 heterocycles. The SMILES string of the molecule is Cc1nc(N2CC(=O)NC(=O)C2C)ccc1Br. The van der Waals surface area contributed by atoms with Gasteiger partial charge >= 0.3 is 0 Å². The van der Waals surface area contributed by atoms with Crippen molar-refractivity contribution >= 4 is 33.6 Å². The van der Waals surface area contributed by atoms with Crippen LogP contribution < -0.4 is 10.2 Å². The molecule has 2 rings (SSSR count). The highest BCUT2D eigenvalue weighted by atomic mass is 79.9. The third-order valence-corrected chi connectivity index (χ3v) is 3.56. The lowest BCUT2D eigenvalue weighted by molar-refractivity contribution is -0.132. The number of nitrogens with zero attached hydrogens (tertiary/aromatic N) is 2. The summed E-state index contributed by atoms with van der Waals surface area (Å²) in [5.41, 5.74) is 0.827. The molecule has 0 spiro atoms. The smallest absolute Gasteiger partial charge is 0.249 e. The molecule has 1 aliphatic rings. The van der Waals surface area contributed by atoms with Crippen LogP contribution in [0.15, 0.2) is 16.6 Å². The molecule has 0 bridgehead atoms. The molecule has 1 saturated heterocycles. The fourth-order valence-corrected chi connectivity index (χ4v) is 1.91. The Morgan fingerprint density at radius 1 is 1.47 bits per heavy atom. The fraction of sp³-hybridized carbons (Fsp3) is 0.364. The summed E-state index contributed by atoms with van der Waals surface area (Å²) in [7, 11) is 0. The summed E-state index contributed by atoms with van der Waals surface area (Å²) in [5.74, 6) is 0.0560. The second kappa shape index (κ2) is 4.44. The molecule has 1 unspecified atom stereocenters. The number of anilines is 1. The highest BCUT2D eigenvalue weighted by Crippen LogP contribution is 2.21. The summed E-state index contributed by atoms with van der Waals surface area (Å²) < 4.78 is 0.904. The van der Waals surface area contributed by atoms with Crippen molar-refractivity contribution < 1.29 is 9.59 Å². The van der Waals surface area contributed by atoms with E-state index in [1.165, 1.54) is 0 Å². The summed E-state index contributed by atoms with van der Waals surface area (Å²) in [6, 6.07) is 3.27. The maximum Gasteiger partial charge on any atom is 0.249 e. The normalized spacial score (nSPS) is 20.4. The highest BCUT2D eigenvalue weighted by Gasteiger charge is 2.31. The molecule has 0 aliphatic carbocycles. The maximum absolute atomic E-state index is 11.5. The number of imide groups is 1. The van der Waals surface area contributed by atoms with Crippen LogP contribution in [0.2, 0.25) is 0 Å². The summed E-state index contributed by atoms with van der Waals surface area (Å²) in [5, 5.41) is 2.30. The quantitative estimate of drug-likeness (QED) is 0.786. The minimum absolute atomic E-state index is 0.154. The fourth-order valence-electron chi connectivity index (χ4n) is 1.68. The molecule has 0 aromatic carbocycles. The Labute approximate surface area is 107 Å². The lowest BCUT2D eigenvalue weighted by Crippen LogP contribution is -2.57. The van der Waals surface area contributed by atoms with Crippen molar-refractivity contribution in [3.8, 4) is 0 Å². The molecule has 0 radical (unpaired) electrons. The van der Waals surface area contributed by atoms with Crippen LogP contribution in [0.4, 0.5) is 5.82 Å². The largest absolute Gasteiger partial charge is 0.336 e. The topological polar surface area (TPSA) is 62.3 Å². The lowest BCUT2D eigenvalue weighted by Gasteiger charge is -2.32. The third-order valence-electron chi connectivity index (χ3n) is 2.72. The van der Waals surface area contributed by atoms with E-state index in [4.69, 9.17) is 0 Å². The number of piperazine rings is 1. The van der Waals surface area contributed by atoms with E-state index in [2.05, 4.69) is 26.2 Å². The van der Waals surface area contributed by atoms with Gasteiger partial charge in [-0.15, -0.1) is 0 Å². The van der Waals surface area contributed by atoms with Gasteiger partial charge in [-0.05, 0) is 41.9 Å². The molecule has 2 amide bonds. The third kappa shape index (κ3) is 2.31. The van der Waals surface area contributed by atoms with Gasteiger partial charge in [0.15, 0.2) is 0 Å². The lowest BCUT2D eigenvalue weighted by atomic mass is 10.2. The van der Waals surface area contributed by atoms with E-state index in [0.717, 1.165) is 10.2 Å². The summed E-state index contributed by atoms with van der Waals surface area (Å²) in [4.78, 5) is 28.9. The van der Waals surface area contributed by atoms with Gasteiger partial charge in [0.25, 0.3) is 0 Å². The van der Waals surface area contributed by atoms with Gasteiger partial charge in [0.2, 0.25) is 11.8 Å². The first-order valence-corrected chi connectivity index (χ1v) is 6.02. The molecule has 1 aromatic rings. The van der Waals surface area contributed by atoms with Crippen LogP contribution in [-0.4, -0.2) is 29.4 Å². The van der Waals surface area contributed by atoms with Gasteiger partial charge in [-0.25, -0.2) is 4.98 Å². The molecule has 90 valence electrons. The predicted molar refractivity (Wildman–Crippen MR) is 66.6 cm³/mol. The van der Waals surface area contributed by atoms with Crippen LogP contribution in [0.3, 0.4) is 0 Å². The Kier molecular flexibility index (Phi) is 3.15. The van der Waals surface area contributed by atoms with Crippen molar-refractivity contribution in [2.24, 2.45) is 0 Å². The first-order valence-electron chi connectivity index (χ1n) is 5.22. The zero-order valence-electron chi connectivity index (χ0n) is 9.53. The Bertz CT molecular complexity index is 490. The Balaban J connectivity index is 2.34. The van der Waals surface area contributed by atoms with Crippen LogP contribution >= 0.6 is 15.9 Å². The standard InChI is InChI=1S/C11H12BrN3O2/c1-6-8(12)3-4-9(13-6)15-5-10(16)14-11(17)7(15)2/h3-4,7H,5H2,1-2H3,(H,14,16,17). The zero-order chi connectivity index (χ0) is 12.6.